The summed E-state index contributed by atoms with van der Waals surface area (Å²) in [7, 11) is 3.71. The molecule has 0 aliphatic carbocycles. The predicted molar refractivity (Wildman–Crippen MR) is 77.0 cm³/mol. The van der Waals surface area contributed by atoms with Crippen LogP contribution in [0.5, 0.6) is 0 Å². The van der Waals surface area contributed by atoms with Crippen LogP contribution in [0.15, 0.2) is 4.99 Å². The van der Waals surface area contributed by atoms with E-state index in [2.05, 4.69) is 15.6 Å². The zero-order valence-electron chi connectivity index (χ0n) is 11.6. The summed E-state index contributed by atoms with van der Waals surface area (Å²) >= 11 is 4.96. The van der Waals surface area contributed by atoms with Crippen LogP contribution in [-0.4, -0.2) is 55.2 Å². The summed E-state index contributed by atoms with van der Waals surface area (Å²) in [4.78, 5) is 17.0. The highest BCUT2D eigenvalue weighted by Gasteiger charge is 2.15. The molecule has 0 atom stereocenters. The molecule has 0 aromatic rings. The Morgan fingerprint density at radius 1 is 1.33 bits per heavy atom. The molecule has 0 heterocycles. The normalized spacial score (nSPS) is 11.2. The molecule has 1 amide bonds. The predicted octanol–water partition coefficient (Wildman–Crippen LogP) is 0.975. The molecule has 0 rings (SSSR count). The molecule has 18 heavy (non-hydrogen) atoms. The van der Waals surface area contributed by atoms with Gasteiger partial charge in [0.25, 0.3) is 0 Å². The second-order valence-corrected chi connectivity index (χ2v) is 5.26. The van der Waals surface area contributed by atoms with Crippen molar-refractivity contribution in [3.63, 3.8) is 0 Å². The second-order valence-electron chi connectivity index (χ2n) is 4.87. The van der Waals surface area contributed by atoms with E-state index in [0.29, 0.717) is 18.2 Å². The smallest absolute Gasteiger partial charge is 0.407 e. The van der Waals surface area contributed by atoms with Crippen LogP contribution in [-0.2, 0) is 4.74 Å². The van der Waals surface area contributed by atoms with Gasteiger partial charge >= 0.3 is 6.09 Å². The number of carbonyl (C=O) groups excluding carboxylic acids is 1. The third-order valence-corrected chi connectivity index (χ3v) is 1.73. The maximum absolute atomic E-state index is 11.3. The summed E-state index contributed by atoms with van der Waals surface area (Å²) < 4.78 is 5.08. The molecule has 0 aromatic heterocycles. The maximum atomic E-state index is 11.3. The Bertz CT molecular complexity index is 311. The molecule has 0 spiro atoms. The summed E-state index contributed by atoms with van der Waals surface area (Å²) in [5.74, 6) is 0. The fourth-order valence-corrected chi connectivity index (χ4v) is 1.01. The van der Waals surface area contributed by atoms with Crippen LogP contribution in [0.4, 0.5) is 4.79 Å². The van der Waals surface area contributed by atoms with Crippen LogP contribution in [0.2, 0.25) is 0 Å². The minimum atomic E-state index is -0.483. The molecular formula is C11H22N4O2S. The summed E-state index contributed by atoms with van der Waals surface area (Å²) in [6, 6.07) is 0. The van der Waals surface area contributed by atoms with Crippen molar-refractivity contribution in [1.82, 2.24) is 15.5 Å². The van der Waals surface area contributed by atoms with Crippen molar-refractivity contribution in [2.75, 3.05) is 27.2 Å². The number of alkyl carbamates (subject to hydrolysis) is 1. The van der Waals surface area contributed by atoms with Crippen LogP contribution in [0.25, 0.3) is 0 Å². The van der Waals surface area contributed by atoms with E-state index in [4.69, 9.17) is 17.0 Å². The monoisotopic (exact) mass is 274 g/mol. The van der Waals surface area contributed by atoms with Gasteiger partial charge < -0.3 is 20.3 Å². The largest absolute Gasteiger partial charge is 0.444 e. The van der Waals surface area contributed by atoms with Gasteiger partial charge in [-0.2, -0.15) is 0 Å². The molecule has 7 heteroatoms. The van der Waals surface area contributed by atoms with E-state index in [1.54, 1.807) is 11.2 Å². The maximum Gasteiger partial charge on any atom is 0.407 e. The Hall–Kier alpha value is -1.37. The van der Waals surface area contributed by atoms with E-state index in [9.17, 15) is 4.79 Å². The van der Waals surface area contributed by atoms with Gasteiger partial charge in [0.15, 0.2) is 5.11 Å². The number of ether oxygens (including phenoxy) is 1. The van der Waals surface area contributed by atoms with Crippen molar-refractivity contribution in [2.45, 2.75) is 26.4 Å². The fraction of sp³-hybridized carbons (Fsp3) is 0.727. The highest BCUT2D eigenvalue weighted by molar-refractivity contribution is 7.80. The summed E-state index contributed by atoms with van der Waals surface area (Å²) in [6.07, 6.45) is 1.17. The van der Waals surface area contributed by atoms with Gasteiger partial charge in [-0.05, 0) is 33.0 Å². The summed E-state index contributed by atoms with van der Waals surface area (Å²) in [6.45, 7) is 6.37. The molecule has 0 radical (unpaired) electrons. The Morgan fingerprint density at radius 3 is 2.39 bits per heavy atom. The number of nitrogens with zero attached hydrogens (tertiary/aromatic N) is 2. The summed E-state index contributed by atoms with van der Waals surface area (Å²) in [5.41, 5.74) is -0.483. The van der Waals surface area contributed by atoms with Gasteiger partial charge in [-0.15, -0.1) is 0 Å². The molecule has 0 aliphatic rings. The lowest BCUT2D eigenvalue weighted by Crippen LogP contribution is -2.37. The highest BCUT2D eigenvalue weighted by Crippen LogP contribution is 2.05. The van der Waals surface area contributed by atoms with E-state index in [1.165, 1.54) is 0 Å². The average Bonchev–Trinajstić information content (AvgIpc) is 2.19. The Kier molecular flexibility index (Phi) is 7.26. The van der Waals surface area contributed by atoms with E-state index in [-0.39, 0.29) is 0 Å². The fourth-order valence-electron chi connectivity index (χ4n) is 0.862. The molecule has 0 fully saturated rings. The van der Waals surface area contributed by atoms with Gasteiger partial charge in [-0.1, -0.05) is 0 Å². The number of thiocarbonyl (C=S) groups is 1. The van der Waals surface area contributed by atoms with E-state index < -0.39 is 11.7 Å². The van der Waals surface area contributed by atoms with E-state index in [1.807, 2.05) is 34.9 Å². The number of aliphatic imine (C=N–C) groups is 1. The lowest BCUT2D eigenvalue weighted by atomic mass is 10.2. The third-order valence-electron chi connectivity index (χ3n) is 1.48. The minimum Gasteiger partial charge on any atom is -0.444 e. The number of nitrogens with one attached hydrogen (secondary N) is 2. The van der Waals surface area contributed by atoms with Crippen molar-refractivity contribution < 1.29 is 9.53 Å². The van der Waals surface area contributed by atoms with Crippen LogP contribution in [0.3, 0.4) is 0 Å². The molecule has 6 nitrogen and oxygen atoms in total. The molecule has 104 valence electrons. The van der Waals surface area contributed by atoms with Gasteiger partial charge in [0, 0.05) is 27.2 Å². The number of hydrogen-bond acceptors (Lipinski definition) is 3. The number of hydrogen-bond donors (Lipinski definition) is 2. The quantitative estimate of drug-likeness (QED) is 0.346. The Morgan fingerprint density at radius 2 is 1.89 bits per heavy atom. The van der Waals surface area contributed by atoms with Gasteiger partial charge in [-0.3, -0.25) is 0 Å². The van der Waals surface area contributed by atoms with Gasteiger partial charge in [0.2, 0.25) is 0 Å². The van der Waals surface area contributed by atoms with Gasteiger partial charge in [0.05, 0.1) is 6.34 Å². The lowest BCUT2D eigenvalue weighted by Gasteiger charge is -2.19. The summed E-state index contributed by atoms with van der Waals surface area (Å²) in [5, 5.41) is 5.89. The first-order valence-electron chi connectivity index (χ1n) is 5.66. The minimum absolute atomic E-state index is 0.384. The first-order valence-corrected chi connectivity index (χ1v) is 6.07. The van der Waals surface area contributed by atoms with Crippen molar-refractivity contribution in [2.24, 2.45) is 4.99 Å². The molecule has 0 saturated carbocycles. The van der Waals surface area contributed by atoms with Crippen molar-refractivity contribution in [1.29, 1.82) is 0 Å². The average molecular weight is 274 g/mol. The molecule has 0 aromatic carbocycles. The molecule has 0 bridgehead atoms. The molecular weight excluding hydrogens is 252 g/mol. The van der Waals surface area contributed by atoms with Crippen LogP contribution in [0.1, 0.15) is 20.8 Å². The Labute approximate surface area is 114 Å². The third kappa shape index (κ3) is 11.1. The van der Waals surface area contributed by atoms with Crippen LogP contribution >= 0.6 is 12.2 Å². The first-order chi connectivity index (χ1) is 8.20. The number of rotatable bonds is 4. The van der Waals surface area contributed by atoms with Crippen molar-refractivity contribution in [3.8, 4) is 0 Å². The number of amides is 1. The molecule has 2 N–H and O–H groups in total. The van der Waals surface area contributed by atoms with Crippen molar-refractivity contribution >= 4 is 29.8 Å². The van der Waals surface area contributed by atoms with Gasteiger partial charge in [-0.25, -0.2) is 9.79 Å². The van der Waals surface area contributed by atoms with E-state index >= 15 is 0 Å². The topological polar surface area (TPSA) is 66.0 Å². The SMILES string of the molecule is CN(C)C=NC(=S)NCCNC(=O)OC(C)(C)C. The van der Waals surface area contributed by atoms with Crippen molar-refractivity contribution in [3.05, 3.63) is 0 Å². The second kappa shape index (κ2) is 7.86. The van der Waals surface area contributed by atoms with Gasteiger partial charge in [0.1, 0.15) is 5.60 Å². The molecule has 0 unspecified atom stereocenters. The standard InChI is InChI=1S/C11H22N4O2S/c1-11(2,3)17-10(16)13-7-6-12-9(18)14-8-15(4)5/h8H,6-7H2,1-5H3,(H,12,18)(H,13,16). The zero-order chi connectivity index (χ0) is 14.2. The Balaban J connectivity index is 3.68. The highest BCUT2D eigenvalue weighted by atomic mass is 32.1. The lowest BCUT2D eigenvalue weighted by molar-refractivity contribution is 0.0529. The van der Waals surface area contributed by atoms with Crippen LogP contribution < -0.4 is 10.6 Å². The van der Waals surface area contributed by atoms with E-state index in [0.717, 1.165) is 0 Å². The molecule has 0 aliphatic heterocycles. The zero-order valence-corrected chi connectivity index (χ0v) is 12.4. The van der Waals surface area contributed by atoms with Crippen LogP contribution in [0, 0.1) is 0 Å². The number of carbonyl (C=O) groups is 1. The first kappa shape index (κ1) is 16.6. The molecule has 0 saturated heterocycles.